The number of rotatable bonds is 7. The van der Waals surface area contributed by atoms with E-state index < -0.39 is 39.6 Å². The number of aliphatic hydroxyl groups excluding tert-OH is 1. The molecule has 7 atom stereocenters. The first-order valence-electron chi connectivity index (χ1n) is 15.1. The summed E-state index contributed by atoms with van der Waals surface area (Å²) in [6.07, 6.45) is 9.19. The van der Waals surface area contributed by atoms with Gasteiger partial charge in [-0.1, -0.05) is 43.3 Å². The minimum atomic E-state index is -1.56. The lowest BCUT2D eigenvalue weighted by atomic mass is 9.46. The lowest BCUT2D eigenvalue weighted by Gasteiger charge is -2.59. The summed E-state index contributed by atoms with van der Waals surface area (Å²) < 4.78 is 19.9. The number of carbonyl (C=O) groups is 3. The van der Waals surface area contributed by atoms with Gasteiger partial charge in [0.05, 0.1) is 11.7 Å². The number of hydrogen-bond donors (Lipinski definition) is 1. The summed E-state index contributed by atoms with van der Waals surface area (Å²) in [5.74, 6) is -0.710. The molecular formula is C35H37FO5S3. The van der Waals surface area contributed by atoms with E-state index in [1.54, 1.807) is 47.8 Å². The lowest BCUT2D eigenvalue weighted by Crippen LogP contribution is -2.62. The number of halogens is 1. The van der Waals surface area contributed by atoms with Gasteiger partial charge in [-0.15, -0.1) is 11.8 Å². The highest BCUT2D eigenvalue weighted by Gasteiger charge is 2.70. The summed E-state index contributed by atoms with van der Waals surface area (Å²) in [5, 5.41) is 11.3. The molecule has 4 aliphatic carbocycles. The van der Waals surface area contributed by atoms with E-state index in [4.69, 9.17) is 4.74 Å². The highest BCUT2D eigenvalue weighted by molar-refractivity contribution is 8.13. The van der Waals surface area contributed by atoms with Crippen LogP contribution in [0.15, 0.2) is 87.0 Å². The van der Waals surface area contributed by atoms with Gasteiger partial charge >= 0.3 is 5.97 Å². The van der Waals surface area contributed by atoms with Crippen molar-refractivity contribution in [2.24, 2.45) is 28.6 Å². The second-order valence-electron chi connectivity index (χ2n) is 12.8. The number of esters is 1. The van der Waals surface area contributed by atoms with Gasteiger partial charge in [0.15, 0.2) is 11.4 Å². The number of ketones is 1. The Balaban J connectivity index is 1.27. The van der Waals surface area contributed by atoms with Crippen LogP contribution in [0.5, 0.6) is 0 Å². The fraction of sp³-hybridized carbons (Fsp3) is 0.457. The summed E-state index contributed by atoms with van der Waals surface area (Å²) in [7, 11) is 0. The molecule has 4 aliphatic rings. The van der Waals surface area contributed by atoms with Crippen molar-refractivity contribution in [1.29, 1.82) is 0 Å². The molecule has 0 heterocycles. The van der Waals surface area contributed by atoms with Crippen LogP contribution in [0.2, 0.25) is 0 Å². The molecule has 0 aliphatic heterocycles. The minimum Gasteiger partial charge on any atom is -0.446 e. The Morgan fingerprint density at radius 2 is 1.82 bits per heavy atom. The Morgan fingerprint density at radius 1 is 1.07 bits per heavy atom. The number of aliphatic hydroxyl groups is 1. The van der Waals surface area contributed by atoms with E-state index in [0.29, 0.717) is 23.7 Å². The molecule has 6 rings (SSSR count). The Morgan fingerprint density at radius 3 is 2.55 bits per heavy atom. The van der Waals surface area contributed by atoms with E-state index in [1.165, 1.54) is 4.90 Å². The number of hydrogen-bond acceptors (Lipinski definition) is 8. The molecule has 9 heteroatoms. The van der Waals surface area contributed by atoms with Crippen LogP contribution in [0.4, 0.5) is 4.39 Å². The van der Waals surface area contributed by atoms with E-state index in [2.05, 4.69) is 19.1 Å². The fourth-order valence-corrected chi connectivity index (χ4v) is 10.8. The maximum Gasteiger partial charge on any atom is 0.339 e. The highest BCUT2D eigenvalue weighted by atomic mass is 32.2. The number of allylic oxidation sites excluding steroid dienone is 4. The molecule has 3 saturated carbocycles. The normalized spacial score (nSPS) is 34.0. The van der Waals surface area contributed by atoms with Gasteiger partial charge in [-0.25, -0.2) is 9.18 Å². The van der Waals surface area contributed by atoms with Gasteiger partial charge in [0, 0.05) is 31.4 Å². The molecule has 0 aromatic heterocycles. The van der Waals surface area contributed by atoms with Crippen LogP contribution >= 0.6 is 35.3 Å². The van der Waals surface area contributed by atoms with Crippen LogP contribution in [0.3, 0.4) is 0 Å². The number of fused-ring (bicyclic) bond motifs is 5. The first-order chi connectivity index (χ1) is 21.0. The molecule has 6 unspecified atom stereocenters. The number of alkyl halides is 1. The van der Waals surface area contributed by atoms with Crippen molar-refractivity contribution in [1.82, 2.24) is 0 Å². The maximum absolute atomic E-state index is 13.8. The lowest BCUT2D eigenvalue weighted by molar-refractivity contribution is -0.171. The maximum atomic E-state index is 13.8. The van der Waals surface area contributed by atoms with Crippen molar-refractivity contribution in [3.05, 3.63) is 77.9 Å². The van der Waals surface area contributed by atoms with Crippen LogP contribution in [-0.2, 0) is 14.3 Å². The molecule has 2 aromatic rings. The van der Waals surface area contributed by atoms with E-state index in [0.717, 1.165) is 28.2 Å². The van der Waals surface area contributed by atoms with Crippen molar-refractivity contribution in [3.63, 3.8) is 0 Å². The van der Waals surface area contributed by atoms with Crippen LogP contribution in [-0.4, -0.2) is 45.9 Å². The van der Waals surface area contributed by atoms with Crippen molar-refractivity contribution in [2.75, 3.05) is 12.3 Å². The number of thioether (sulfide) groups is 2. The molecule has 1 N–H and O–H groups in total. The topological polar surface area (TPSA) is 80.7 Å². The molecular weight excluding hydrogens is 616 g/mol. The monoisotopic (exact) mass is 652 g/mol. The van der Waals surface area contributed by atoms with Crippen molar-refractivity contribution >= 4 is 52.2 Å². The summed E-state index contributed by atoms with van der Waals surface area (Å²) in [6, 6.07) is 14.5. The van der Waals surface area contributed by atoms with Gasteiger partial charge in [-0.05, 0) is 117 Å². The second kappa shape index (κ2) is 12.1. The van der Waals surface area contributed by atoms with Gasteiger partial charge < -0.3 is 9.84 Å². The summed E-state index contributed by atoms with van der Waals surface area (Å²) in [6.45, 7) is 4.04. The first kappa shape index (κ1) is 31.6. The number of carbonyl (C=O) groups excluding carboxylic acids is 3. The predicted molar refractivity (Wildman–Crippen MR) is 174 cm³/mol. The molecule has 0 spiro atoms. The number of benzene rings is 2. The molecule has 3 fully saturated rings. The summed E-state index contributed by atoms with van der Waals surface area (Å²) in [5.41, 5.74) is -1.51. The Hall–Kier alpha value is -2.33. The van der Waals surface area contributed by atoms with Crippen LogP contribution in [0, 0.1) is 28.6 Å². The van der Waals surface area contributed by atoms with Gasteiger partial charge in [-0.3, -0.25) is 9.59 Å². The molecule has 232 valence electrons. The molecule has 0 amide bonds. The Bertz CT molecular complexity index is 1540. The van der Waals surface area contributed by atoms with Gasteiger partial charge in [0.25, 0.3) is 0 Å². The van der Waals surface area contributed by atoms with E-state index in [9.17, 15) is 23.9 Å². The summed E-state index contributed by atoms with van der Waals surface area (Å²) in [4.78, 5) is 42.9. The Kier molecular flexibility index (Phi) is 8.72. The second-order valence-corrected chi connectivity index (χ2v) is 15.7. The zero-order valence-electron chi connectivity index (χ0n) is 25.1. The molecule has 5 nitrogen and oxygen atoms in total. The van der Waals surface area contributed by atoms with E-state index >= 15 is 0 Å². The smallest absolute Gasteiger partial charge is 0.339 e. The molecule has 0 bridgehead atoms. The fourth-order valence-electron chi connectivity index (χ4n) is 8.70. The molecule has 2 aromatic carbocycles. The van der Waals surface area contributed by atoms with Crippen LogP contribution in [0.1, 0.15) is 56.3 Å². The van der Waals surface area contributed by atoms with Crippen molar-refractivity contribution in [2.45, 2.75) is 72.3 Å². The highest BCUT2D eigenvalue weighted by Crippen LogP contribution is 2.68. The van der Waals surface area contributed by atoms with Gasteiger partial charge in [0.1, 0.15) is 6.01 Å². The van der Waals surface area contributed by atoms with Crippen LogP contribution in [0.25, 0.3) is 0 Å². The average molecular weight is 653 g/mol. The molecule has 0 saturated heterocycles. The quantitative estimate of drug-likeness (QED) is 0.239. The zero-order valence-corrected chi connectivity index (χ0v) is 27.5. The minimum absolute atomic E-state index is 0.00640. The predicted octanol–water partition coefficient (Wildman–Crippen LogP) is 7.92. The average Bonchev–Trinajstić information content (AvgIpc) is 3.30. The standard InChI is InChI=1S/C35H37FO5S3/c1-33-15-13-23(37)17-22(33)9-12-27-28-14-16-35(32(40)43-20-36,34(28,2)19-29(38)30(27)33)41-31(39)21-7-10-24(11-8-21)44-26-6-4-5-25(18-26)42-3/h4-8,10-11,13,15,17-18,27-30,38H,9,12,14,16,19-20H2,1-3H3/t27?,28?,29?,30?,33?,34?,35-/m0/s1. The third kappa shape index (κ3) is 5.21. The zero-order chi connectivity index (χ0) is 31.3. The molecule has 44 heavy (non-hydrogen) atoms. The van der Waals surface area contributed by atoms with E-state index in [-0.39, 0.29) is 36.4 Å². The van der Waals surface area contributed by atoms with E-state index in [1.807, 2.05) is 43.5 Å². The SMILES string of the molecule is CSc1cccc(Sc2ccc(C(=O)O[C@]3(C(=O)SCF)CCC4C5CCC6=CC(=O)C=CC6(C)C5C(O)CC43C)cc2)c1. The van der Waals surface area contributed by atoms with Gasteiger partial charge in [0.2, 0.25) is 5.12 Å². The summed E-state index contributed by atoms with van der Waals surface area (Å²) >= 11 is 3.82. The third-order valence-electron chi connectivity index (χ3n) is 10.8. The number of ether oxygens (including phenoxy) is 1. The largest absolute Gasteiger partial charge is 0.446 e. The van der Waals surface area contributed by atoms with Crippen LogP contribution < -0.4 is 0 Å². The van der Waals surface area contributed by atoms with Crippen molar-refractivity contribution in [3.8, 4) is 0 Å². The van der Waals surface area contributed by atoms with Gasteiger partial charge in [-0.2, -0.15) is 0 Å². The third-order valence-corrected chi connectivity index (χ3v) is 13.2. The molecule has 0 radical (unpaired) electrons. The Labute approximate surface area is 270 Å². The first-order valence-corrected chi connectivity index (χ1v) is 18.1. The van der Waals surface area contributed by atoms with Crippen molar-refractivity contribution < 1.29 is 28.6 Å².